The van der Waals surface area contributed by atoms with Gasteiger partial charge in [0.25, 0.3) is 0 Å². The van der Waals surface area contributed by atoms with E-state index in [2.05, 4.69) is 12.2 Å². The van der Waals surface area contributed by atoms with Crippen LogP contribution in [0.3, 0.4) is 0 Å². The van der Waals surface area contributed by atoms with Crippen molar-refractivity contribution in [2.75, 3.05) is 0 Å². The van der Waals surface area contributed by atoms with Crippen molar-refractivity contribution in [2.24, 2.45) is 0 Å². The fourth-order valence-corrected chi connectivity index (χ4v) is 2.27. The van der Waals surface area contributed by atoms with Crippen LogP contribution < -0.4 is 5.32 Å². The van der Waals surface area contributed by atoms with Crippen molar-refractivity contribution in [2.45, 2.75) is 50.6 Å². The summed E-state index contributed by atoms with van der Waals surface area (Å²) in [5.74, 6) is 0. The third-order valence-corrected chi connectivity index (χ3v) is 2.78. The summed E-state index contributed by atoms with van der Waals surface area (Å²) >= 11 is 0. The van der Waals surface area contributed by atoms with E-state index in [-0.39, 0.29) is 0 Å². The molecule has 0 aromatic carbocycles. The van der Waals surface area contributed by atoms with E-state index in [1.165, 1.54) is 32.1 Å². The van der Waals surface area contributed by atoms with Gasteiger partial charge in [0.15, 0.2) is 0 Å². The molecule has 0 spiro atoms. The van der Waals surface area contributed by atoms with Gasteiger partial charge in [-0.25, -0.2) is 0 Å². The first-order valence-corrected chi connectivity index (χ1v) is 4.06. The Morgan fingerprint density at radius 1 is 1.44 bits per heavy atom. The van der Waals surface area contributed by atoms with Crippen LogP contribution in [-0.2, 0) is 0 Å². The Morgan fingerprint density at radius 3 is 3.00 bits per heavy atom. The Labute approximate surface area is 56.8 Å². The number of rotatable bonds is 0. The van der Waals surface area contributed by atoms with Crippen LogP contribution in [-0.4, -0.2) is 11.6 Å². The minimum absolute atomic E-state index is 0.557. The zero-order chi connectivity index (χ0) is 6.32. The molecule has 52 valence electrons. The van der Waals surface area contributed by atoms with Gasteiger partial charge in [0.2, 0.25) is 0 Å². The Kier molecular flexibility index (Phi) is 1.10. The molecule has 1 N–H and O–H groups in total. The van der Waals surface area contributed by atoms with Crippen molar-refractivity contribution in [3.63, 3.8) is 0 Å². The molecule has 2 aliphatic heterocycles. The minimum atomic E-state index is 0.557. The van der Waals surface area contributed by atoms with Gasteiger partial charge in [-0.05, 0) is 26.2 Å². The molecule has 0 aromatic heterocycles. The number of nitrogens with one attached hydrogen (secondary N) is 1. The van der Waals surface area contributed by atoms with Crippen molar-refractivity contribution in [1.29, 1.82) is 0 Å². The van der Waals surface area contributed by atoms with Gasteiger partial charge in [-0.3, -0.25) is 0 Å². The predicted octanol–water partition coefficient (Wildman–Crippen LogP) is 1.68. The molecular weight excluding hydrogens is 110 g/mol. The highest BCUT2D eigenvalue weighted by molar-refractivity contribution is 5.01. The van der Waals surface area contributed by atoms with E-state index in [1.807, 2.05) is 0 Å². The summed E-state index contributed by atoms with van der Waals surface area (Å²) in [6, 6.07) is 0.887. The third kappa shape index (κ3) is 0.877. The molecule has 0 amide bonds. The Balaban J connectivity index is 2.03. The van der Waals surface area contributed by atoms with Crippen molar-refractivity contribution in [3.8, 4) is 0 Å². The highest BCUT2D eigenvalue weighted by atomic mass is 15.1. The maximum absolute atomic E-state index is 3.62. The summed E-state index contributed by atoms with van der Waals surface area (Å²) < 4.78 is 0. The first-order chi connectivity index (χ1) is 4.29. The molecule has 0 aromatic rings. The molecule has 3 aliphatic rings. The molecule has 1 saturated carbocycles. The summed E-state index contributed by atoms with van der Waals surface area (Å²) in [7, 11) is 0. The van der Waals surface area contributed by atoms with Gasteiger partial charge >= 0.3 is 0 Å². The Bertz CT molecular complexity index is 108. The molecule has 3 rings (SSSR count). The van der Waals surface area contributed by atoms with Crippen molar-refractivity contribution >= 4 is 0 Å². The number of fused-ring (bicyclic) bond motifs is 3. The van der Waals surface area contributed by atoms with E-state index in [1.54, 1.807) is 0 Å². The Hall–Kier alpha value is -0.0400. The second-order valence-electron chi connectivity index (χ2n) is 3.85. The van der Waals surface area contributed by atoms with Crippen LogP contribution in [0.1, 0.15) is 39.0 Å². The lowest BCUT2D eigenvalue weighted by atomic mass is 9.82. The van der Waals surface area contributed by atoms with Crippen LogP contribution in [0.25, 0.3) is 0 Å². The first kappa shape index (κ1) is 5.72. The monoisotopic (exact) mass is 125 g/mol. The van der Waals surface area contributed by atoms with Crippen LogP contribution in [0, 0.1) is 0 Å². The molecule has 1 heteroatoms. The predicted molar refractivity (Wildman–Crippen MR) is 38.4 cm³/mol. The van der Waals surface area contributed by atoms with Crippen molar-refractivity contribution in [3.05, 3.63) is 0 Å². The second-order valence-corrected chi connectivity index (χ2v) is 3.85. The van der Waals surface area contributed by atoms with Crippen molar-refractivity contribution < 1.29 is 0 Å². The molecule has 1 aliphatic carbocycles. The summed E-state index contributed by atoms with van der Waals surface area (Å²) in [6.07, 6.45) is 7.17. The van der Waals surface area contributed by atoms with Crippen LogP contribution >= 0.6 is 0 Å². The van der Waals surface area contributed by atoms with Gasteiger partial charge in [0, 0.05) is 11.6 Å². The van der Waals surface area contributed by atoms with Gasteiger partial charge in [0.1, 0.15) is 0 Å². The SMILES string of the molecule is C[C@@]12CCCC[C@@H](C1)N2. The van der Waals surface area contributed by atoms with E-state index in [9.17, 15) is 0 Å². The molecule has 2 heterocycles. The fourth-order valence-electron chi connectivity index (χ4n) is 2.27. The molecule has 2 bridgehead atoms. The van der Waals surface area contributed by atoms with Gasteiger partial charge < -0.3 is 5.32 Å². The van der Waals surface area contributed by atoms with Crippen LogP contribution in [0.5, 0.6) is 0 Å². The average molecular weight is 125 g/mol. The maximum atomic E-state index is 3.62. The number of hydrogen-bond donors (Lipinski definition) is 1. The Morgan fingerprint density at radius 2 is 2.22 bits per heavy atom. The second kappa shape index (κ2) is 1.72. The lowest BCUT2D eigenvalue weighted by molar-refractivity contribution is 0.159. The highest BCUT2D eigenvalue weighted by Crippen LogP contribution is 2.35. The molecule has 9 heavy (non-hydrogen) atoms. The largest absolute Gasteiger partial charge is 0.309 e. The molecule has 2 atom stereocenters. The van der Waals surface area contributed by atoms with E-state index < -0.39 is 0 Å². The quantitative estimate of drug-likeness (QED) is 0.519. The normalized spacial score (nSPS) is 49.7. The van der Waals surface area contributed by atoms with Gasteiger partial charge in [0.05, 0.1) is 0 Å². The third-order valence-electron chi connectivity index (χ3n) is 2.78. The first-order valence-electron chi connectivity index (χ1n) is 4.06. The van der Waals surface area contributed by atoms with Gasteiger partial charge in [-0.2, -0.15) is 0 Å². The summed E-state index contributed by atoms with van der Waals surface area (Å²) in [4.78, 5) is 0. The molecule has 2 saturated heterocycles. The topological polar surface area (TPSA) is 12.0 Å². The summed E-state index contributed by atoms with van der Waals surface area (Å²) in [5.41, 5.74) is 0.557. The number of hydrogen-bond acceptors (Lipinski definition) is 1. The molecule has 0 unspecified atom stereocenters. The molecule has 0 radical (unpaired) electrons. The smallest absolute Gasteiger partial charge is 0.0170 e. The van der Waals surface area contributed by atoms with Crippen LogP contribution in [0.2, 0.25) is 0 Å². The molecule has 1 nitrogen and oxygen atoms in total. The van der Waals surface area contributed by atoms with E-state index in [4.69, 9.17) is 0 Å². The summed E-state index contributed by atoms with van der Waals surface area (Å²) in [5, 5.41) is 3.62. The average Bonchev–Trinajstić information content (AvgIpc) is 1.95. The van der Waals surface area contributed by atoms with Gasteiger partial charge in [-0.15, -0.1) is 0 Å². The lowest BCUT2D eigenvalue weighted by Gasteiger charge is -2.45. The highest BCUT2D eigenvalue weighted by Gasteiger charge is 2.40. The van der Waals surface area contributed by atoms with E-state index in [0.29, 0.717) is 5.54 Å². The van der Waals surface area contributed by atoms with Crippen LogP contribution in [0.15, 0.2) is 0 Å². The van der Waals surface area contributed by atoms with Crippen molar-refractivity contribution in [1.82, 2.24) is 5.32 Å². The zero-order valence-electron chi connectivity index (χ0n) is 6.11. The lowest BCUT2D eigenvalue weighted by Crippen LogP contribution is -2.60. The van der Waals surface area contributed by atoms with Gasteiger partial charge in [-0.1, -0.05) is 12.8 Å². The summed E-state index contributed by atoms with van der Waals surface area (Å²) in [6.45, 7) is 2.36. The van der Waals surface area contributed by atoms with E-state index >= 15 is 0 Å². The minimum Gasteiger partial charge on any atom is -0.309 e. The maximum Gasteiger partial charge on any atom is 0.0170 e. The van der Waals surface area contributed by atoms with Crippen LogP contribution in [0.4, 0.5) is 0 Å². The zero-order valence-corrected chi connectivity index (χ0v) is 6.11. The fraction of sp³-hybridized carbons (Fsp3) is 1.00. The molecule has 3 fully saturated rings. The standard InChI is InChI=1S/C8H15N/c1-8-5-3-2-4-7(6-8)9-8/h7,9H,2-6H2,1H3/t7-,8+/m0/s1. The van der Waals surface area contributed by atoms with E-state index in [0.717, 1.165) is 6.04 Å². The molecular formula is C8H15N.